The lowest BCUT2D eigenvalue weighted by Crippen LogP contribution is -2.19. The average Bonchev–Trinajstić information content (AvgIpc) is 2.04. The summed E-state index contributed by atoms with van der Waals surface area (Å²) >= 11 is 0. The summed E-state index contributed by atoms with van der Waals surface area (Å²) in [4.78, 5) is 18.8. The van der Waals surface area contributed by atoms with E-state index in [1.807, 2.05) is 0 Å². The van der Waals surface area contributed by atoms with E-state index in [1.54, 1.807) is 6.07 Å². The molecule has 1 aromatic rings. The lowest BCUT2D eigenvalue weighted by Gasteiger charge is -2.00. The molecule has 7 heteroatoms. The van der Waals surface area contributed by atoms with Gasteiger partial charge in [0.05, 0.1) is 0 Å². The highest BCUT2D eigenvalue weighted by Gasteiger charge is 2.33. The van der Waals surface area contributed by atoms with E-state index >= 15 is 0 Å². The Hall–Kier alpha value is -1.21. The van der Waals surface area contributed by atoms with Gasteiger partial charge in [0.1, 0.15) is 15.4 Å². The van der Waals surface area contributed by atoms with Crippen LogP contribution in [-0.4, -0.2) is 32.9 Å². The summed E-state index contributed by atoms with van der Waals surface area (Å²) in [6.45, 7) is 0. The minimum atomic E-state index is -1.86. The van der Waals surface area contributed by atoms with Gasteiger partial charge in [0.25, 0.3) is 0 Å². The quantitative estimate of drug-likeness (QED) is 0.310. The van der Waals surface area contributed by atoms with Crippen LogP contribution in [0.15, 0.2) is 30.3 Å². The van der Waals surface area contributed by atoms with Gasteiger partial charge in [0.2, 0.25) is 0 Å². The molecule has 72 valence electrons. The van der Waals surface area contributed by atoms with Crippen molar-refractivity contribution in [1.29, 1.82) is 0 Å². The van der Waals surface area contributed by atoms with Gasteiger partial charge in [-0.05, 0) is 12.1 Å². The van der Waals surface area contributed by atoms with Crippen LogP contribution in [0.5, 0.6) is 0 Å². The van der Waals surface area contributed by atoms with Crippen LogP contribution in [-0.2, 0) is 0 Å². The van der Waals surface area contributed by atoms with Gasteiger partial charge in [0.15, 0.2) is 0 Å². The van der Waals surface area contributed by atoms with Crippen LogP contribution in [0, 0.1) is 20.2 Å². The fourth-order valence-corrected chi connectivity index (χ4v) is 0.946. The van der Waals surface area contributed by atoms with Crippen molar-refractivity contribution in [3.05, 3.63) is 56.1 Å². The molecular formula is C7H8MgN2O4. The van der Waals surface area contributed by atoms with E-state index in [1.165, 1.54) is 24.3 Å². The maximum atomic E-state index is 10.3. The third-order valence-electron chi connectivity index (χ3n) is 1.50. The van der Waals surface area contributed by atoms with Crippen LogP contribution in [0.1, 0.15) is 11.7 Å². The zero-order valence-electron chi connectivity index (χ0n) is 6.49. The van der Waals surface area contributed by atoms with Gasteiger partial charge in [-0.2, -0.15) is 0 Å². The van der Waals surface area contributed by atoms with Crippen molar-refractivity contribution in [3.63, 3.8) is 0 Å². The predicted octanol–water partition coefficient (Wildman–Crippen LogP) is 0.322. The Morgan fingerprint density at radius 3 is 1.79 bits per heavy atom. The topological polar surface area (TPSA) is 86.3 Å². The Kier molecular flexibility index (Phi) is 5.03. The largest absolute Gasteiger partial charge is 0.476 e. The molecule has 0 unspecified atom stereocenters. The Morgan fingerprint density at radius 2 is 1.43 bits per heavy atom. The van der Waals surface area contributed by atoms with Crippen molar-refractivity contribution in [2.24, 2.45) is 0 Å². The van der Waals surface area contributed by atoms with Gasteiger partial charge in [-0.1, -0.05) is 18.2 Å². The molecule has 0 aliphatic carbocycles. The number of nitrogens with zero attached hydrogens (tertiary/aromatic N) is 2. The average molecular weight is 208 g/mol. The van der Waals surface area contributed by atoms with Gasteiger partial charge in [-0.15, -0.1) is 0 Å². The van der Waals surface area contributed by atoms with Crippen LogP contribution in [0.25, 0.3) is 0 Å². The summed E-state index contributed by atoms with van der Waals surface area (Å²) in [6.07, 6.45) is -1.86. The van der Waals surface area contributed by atoms with Crippen molar-refractivity contribution in [2.45, 2.75) is 6.17 Å². The molecule has 1 rings (SSSR count). The third kappa shape index (κ3) is 2.93. The molecule has 0 fully saturated rings. The van der Waals surface area contributed by atoms with Crippen molar-refractivity contribution < 1.29 is 9.85 Å². The molecule has 0 aliphatic rings. The van der Waals surface area contributed by atoms with Crippen LogP contribution < -0.4 is 0 Å². The SMILES string of the molecule is O=[N+]([O-])C(c1ccccc1)[N+](=O)[O-].[MgH2]. The van der Waals surface area contributed by atoms with Crippen molar-refractivity contribution in [2.75, 3.05) is 0 Å². The lowest BCUT2D eigenvalue weighted by atomic mass is 10.2. The molecule has 0 bridgehead atoms. The second kappa shape index (κ2) is 5.50. The van der Waals surface area contributed by atoms with Crippen LogP contribution in [0.3, 0.4) is 0 Å². The molecule has 0 spiro atoms. The van der Waals surface area contributed by atoms with Crippen molar-refractivity contribution in [3.8, 4) is 0 Å². The summed E-state index contributed by atoms with van der Waals surface area (Å²) in [6, 6.07) is 7.40. The number of hydrogen-bond donors (Lipinski definition) is 0. The molecule has 0 saturated carbocycles. The van der Waals surface area contributed by atoms with E-state index < -0.39 is 16.0 Å². The highest BCUT2D eigenvalue weighted by molar-refractivity contribution is 5.75. The lowest BCUT2D eigenvalue weighted by molar-refractivity contribution is -0.752. The first kappa shape index (κ1) is 12.8. The van der Waals surface area contributed by atoms with Gasteiger partial charge in [-0.3, -0.25) is 20.2 Å². The van der Waals surface area contributed by atoms with Gasteiger partial charge < -0.3 is 0 Å². The fourth-order valence-electron chi connectivity index (χ4n) is 0.946. The first-order valence-electron chi connectivity index (χ1n) is 3.45. The smallest absolute Gasteiger partial charge is 0.258 e. The molecule has 0 radical (unpaired) electrons. The standard InChI is InChI=1S/C7H6N2O4.Mg.2H/c10-8(11)7(9(12)13)6-4-2-1-3-5-6;;;/h1-5,7H;;;. The zero-order chi connectivity index (χ0) is 9.84. The van der Waals surface area contributed by atoms with E-state index in [4.69, 9.17) is 0 Å². The van der Waals surface area contributed by atoms with E-state index in [0.717, 1.165) is 0 Å². The molecule has 1 aromatic carbocycles. The van der Waals surface area contributed by atoms with Crippen LogP contribution in [0.4, 0.5) is 0 Å². The third-order valence-corrected chi connectivity index (χ3v) is 1.50. The summed E-state index contributed by atoms with van der Waals surface area (Å²) in [5.74, 6) is 0. The van der Waals surface area contributed by atoms with Crippen molar-refractivity contribution in [1.82, 2.24) is 0 Å². The van der Waals surface area contributed by atoms with E-state index in [0.29, 0.717) is 0 Å². The normalized spacial score (nSPS) is 9.21. The predicted molar refractivity (Wildman–Crippen MR) is 51.7 cm³/mol. The molecule has 0 aliphatic heterocycles. The van der Waals surface area contributed by atoms with Crippen molar-refractivity contribution >= 4 is 23.1 Å². The second-order valence-electron chi connectivity index (χ2n) is 2.36. The maximum Gasteiger partial charge on any atom is 0.476 e. The summed E-state index contributed by atoms with van der Waals surface area (Å²) in [5, 5.41) is 20.6. The number of hydrogen-bond acceptors (Lipinski definition) is 4. The molecule has 0 N–H and O–H groups in total. The zero-order valence-corrected chi connectivity index (χ0v) is 6.49. The fraction of sp³-hybridized carbons (Fsp3) is 0.143. The molecule has 6 nitrogen and oxygen atoms in total. The van der Waals surface area contributed by atoms with E-state index in [9.17, 15) is 20.2 Å². The number of benzene rings is 1. The van der Waals surface area contributed by atoms with Gasteiger partial charge >= 0.3 is 29.2 Å². The molecular weight excluding hydrogens is 200 g/mol. The Labute approximate surface area is 95.4 Å². The highest BCUT2D eigenvalue weighted by atomic mass is 24.3. The summed E-state index contributed by atoms with van der Waals surface area (Å²) in [7, 11) is 0. The first-order chi connectivity index (χ1) is 6.13. The summed E-state index contributed by atoms with van der Waals surface area (Å²) in [5.41, 5.74) is 0.0810. The Balaban J connectivity index is 0.00000169. The molecule has 0 atom stereocenters. The minimum Gasteiger partial charge on any atom is -0.258 e. The van der Waals surface area contributed by atoms with E-state index in [-0.39, 0.29) is 28.6 Å². The van der Waals surface area contributed by atoms with E-state index in [2.05, 4.69) is 0 Å². The highest BCUT2D eigenvalue weighted by Crippen LogP contribution is 2.15. The number of rotatable bonds is 3. The molecule has 0 heterocycles. The first-order valence-corrected chi connectivity index (χ1v) is 3.45. The minimum absolute atomic E-state index is 0. The second-order valence-corrected chi connectivity index (χ2v) is 2.36. The number of nitro groups is 2. The molecule has 14 heavy (non-hydrogen) atoms. The monoisotopic (exact) mass is 208 g/mol. The maximum absolute atomic E-state index is 10.3. The summed E-state index contributed by atoms with van der Waals surface area (Å²) < 4.78 is 0. The van der Waals surface area contributed by atoms with Gasteiger partial charge in [-0.25, -0.2) is 0 Å². The Morgan fingerprint density at radius 1 is 1.00 bits per heavy atom. The van der Waals surface area contributed by atoms with Crippen LogP contribution >= 0.6 is 0 Å². The van der Waals surface area contributed by atoms with Crippen LogP contribution in [0.2, 0.25) is 0 Å². The Bertz CT molecular complexity index is 316. The molecule has 0 saturated heterocycles. The molecule has 0 aromatic heterocycles. The molecule has 0 amide bonds. The van der Waals surface area contributed by atoms with Gasteiger partial charge in [0, 0.05) is 0 Å².